The Kier molecular flexibility index (Phi) is 1.62. The molecule has 0 radical (unpaired) electrons. The van der Waals surface area contributed by atoms with Gasteiger partial charge in [-0.15, -0.1) is 10.2 Å². The molecule has 0 saturated heterocycles. The van der Waals surface area contributed by atoms with Crippen molar-refractivity contribution in [3.05, 3.63) is 23.3 Å². The minimum Gasteiger partial charge on any atom is -0.366 e. The SMILES string of the molecule is Cc1cc(C)c2nc(N)nnc2c1. The Bertz CT molecular complexity index is 464. The van der Waals surface area contributed by atoms with Gasteiger partial charge in [-0.3, -0.25) is 0 Å². The molecule has 0 bridgehead atoms. The summed E-state index contributed by atoms with van der Waals surface area (Å²) in [5.41, 5.74) is 9.31. The molecule has 0 unspecified atom stereocenters. The van der Waals surface area contributed by atoms with Crippen LogP contribution in [-0.2, 0) is 0 Å². The zero-order valence-electron chi connectivity index (χ0n) is 7.57. The van der Waals surface area contributed by atoms with Crippen LogP contribution in [0.2, 0.25) is 0 Å². The van der Waals surface area contributed by atoms with E-state index in [9.17, 15) is 0 Å². The van der Waals surface area contributed by atoms with E-state index < -0.39 is 0 Å². The highest BCUT2D eigenvalue weighted by Crippen LogP contribution is 2.15. The van der Waals surface area contributed by atoms with Crippen molar-refractivity contribution in [2.45, 2.75) is 13.8 Å². The molecule has 2 rings (SSSR count). The van der Waals surface area contributed by atoms with E-state index in [-0.39, 0.29) is 5.95 Å². The molecule has 0 fully saturated rings. The summed E-state index contributed by atoms with van der Waals surface area (Å²) < 4.78 is 0. The van der Waals surface area contributed by atoms with Gasteiger partial charge in [-0.05, 0) is 31.0 Å². The number of aryl methyl sites for hydroxylation is 2. The second-order valence-corrected chi connectivity index (χ2v) is 3.12. The molecule has 0 aliphatic rings. The van der Waals surface area contributed by atoms with E-state index in [4.69, 9.17) is 5.73 Å². The third kappa shape index (κ3) is 1.30. The second kappa shape index (κ2) is 2.65. The number of fused-ring (bicyclic) bond motifs is 1. The molecule has 4 heteroatoms. The Hall–Kier alpha value is -1.71. The third-order valence-corrected chi connectivity index (χ3v) is 1.91. The molecule has 4 nitrogen and oxygen atoms in total. The van der Waals surface area contributed by atoms with Gasteiger partial charge in [0.1, 0.15) is 5.52 Å². The van der Waals surface area contributed by atoms with Crippen LogP contribution in [0.4, 0.5) is 5.95 Å². The van der Waals surface area contributed by atoms with Crippen molar-refractivity contribution in [3.8, 4) is 0 Å². The molecule has 0 amide bonds. The molecule has 66 valence electrons. The monoisotopic (exact) mass is 174 g/mol. The van der Waals surface area contributed by atoms with Crippen LogP contribution in [0.5, 0.6) is 0 Å². The maximum Gasteiger partial charge on any atom is 0.240 e. The molecule has 0 saturated carbocycles. The van der Waals surface area contributed by atoms with Gasteiger partial charge in [0.15, 0.2) is 0 Å². The number of nitrogen functional groups attached to an aromatic ring is 1. The van der Waals surface area contributed by atoms with E-state index in [0.717, 1.165) is 22.2 Å². The fourth-order valence-corrected chi connectivity index (χ4v) is 1.40. The molecule has 0 atom stereocenters. The lowest BCUT2D eigenvalue weighted by atomic mass is 10.1. The van der Waals surface area contributed by atoms with E-state index in [1.54, 1.807) is 0 Å². The fourth-order valence-electron chi connectivity index (χ4n) is 1.40. The molecule has 1 aromatic heterocycles. The Morgan fingerprint density at radius 2 is 1.92 bits per heavy atom. The highest BCUT2D eigenvalue weighted by atomic mass is 15.2. The Morgan fingerprint density at radius 3 is 2.69 bits per heavy atom. The molecule has 2 N–H and O–H groups in total. The number of aromatic nitrogens is 3. The largest absolute Gasteiger partial charge is 0.366 e. The molecule has 0 aliphatic carbocycles. The lowest BCUT2D eigenvalue weighted by Gasteiger charge is -2.01. The number of nitrogens with two attached hydrogens (primary N) is 1. The Labute approximate surface area is 75.8 Å². The summed E-state index contributed by atoms with van der Waals surface area (Å²) in [5, 5.41) is 7.67. The van der Waals surface area contributed by atoms with Crippen LogP contribution >= 0.6 is 0 Å². The van der Waals surface area contributed by atoms with Crippen LogP contribution in [0.25, 0.3) is 11.0 Å². The van der Waals surface area contributed by atoms with Crippen LogP contribution in [-0.4, -0.2) is 15.2 Å². The van der Waals surface area contributed by atoms with Gasteiger partial charge in [-0.1, -0.05) is 6.07 Å². The Balaban J connectivity index is 2.87. The van der Waals surface area contributed by atoms with Crippen LogP contribution < -0.4 is 5.73 Å². The molecular formula is C9H10N4. The third-order valence-electron chi connectivity index (χ3n) is 1.91. The first-order chi connectivity index (χ1) is 6.16. The first-order valence-corrected chi connectivity index (χ1v) is 4.04. The quantitative estimate of drug-likeness (QED) is 0.652. The molecule has 0 spiro atoms. The van der Waals surface area contributed by atoms with E-state index in [1.165, 1.54) is 0 Å². The van der Waals surface area contributed by atoms with E-state index in [1.807, 2.05) is 19.9 Å². The summed E-state index contributed by atoms with van der Waals surface area (Å²) in [6.07, 6.45) is 0. The normalized spacial score (nSPS) is 10.6. The summed E-state index contributed by atoms with van der Waals surface area (Å²) in [7, 11) is 0. The number of benzene rings is 1. The molecule has 1 aromatic carbocycles. The maximum atomic E-state index is 5.45. The van der Waals surface area contributed by atoms with Gasteiger partial charge in [0.2, 0.25) is 5.95 Å². The summed E-state index contributed by atoms with van der Waals surface area (Å²) in [4.78, 5) is 4.12. The first kappa shape index (κ1) is 7.91. The van der Waals surface area contributed by atoms with E-state index >= 15 is 0 Å². The topological polar surface area (TPSA) is 64.7 Å². The molecule has 13 heavy (non-hydrogen) atoms. The van der Waals surface area contributed by atoms with Crippen molar-refractivity contribution in [2.75, 3.05) is 5.73 Å². The smallest absolute Gasteiger partial charge is 0.240 e. The number of nitrogens with zero attached hydrogens (tertiary/aromatic N) is 3. The molecule has 1 heterocycles. The summed E-state index contributed by atoms with van der Waals surface area (Å²) in [5.74, 6) is 0.222. The number of rotatable bonds is 0. The van der Waals surface area contributed by atoms with Crippen molar-refractivity contribution < 1.29 is 0 Å². The fraction of sp³-hybridized carbons (Fsp3) is 0.222. The number of hydrogen-bond acceptors (Lipinski definition) is 4. The van der Waals surface area contributed by atoms with Crippen molar-refractivity contribution in [2.24, 2.45) is 0 Å². The number of anilines is 1. The Morgan fingerprint density at radius 1 is 1.15 bits per heavy atom. The lowest BCUT2D eigenvalue weighted by molar-refractivity contribution is 1.03. The lowest BCUT2D eigenvalue weighted by Crippen LogP contribution is -1.99. The van der Waals surface area contributed by atoms with Crippen LogP contribution in [0.1, 0.15) is 11.1 Å². The number of hydrogen-bond donors (Lipinski definition) is 1. The molecular weight excluding hydrogens is 164 g/mol. The second-order valence-electron chi connectivity index (χ2n) is 3.12. The van der Waals surface area contributed by atoms with Crippen molar-refractivity contribution in [1.82, 2.24) is 15.2 Å². The molecule has 0 aliphatic heterocycles. The standard InChI is InChI=1S/C9H10N4/c1-5-3-6(2)8-7(4-5)12-13-9(10)11-8/h3-4H,1-2H3,(H2,10,11,13). The zero-order valence-corrected chi connectivity index (χ0v) is 7.57. The van der Waals surface area contributed by atoms with Gasteiger partial charge in [0.05, 0.1) is 5.52 Å². The van der Waals surface area contributed by atoms with Crippen molar-refractivity contribution in [3.63, 3.8) is 0 Å². The van der Waals surface area contributed by atoms with Crippen LogP contribution in [0, 0.1) is 13.8 Å². The average molecular weight is 174 g/mol. The van der Waals surface area contributed by atoms with Crippen LogP contribution in [0.15, 0.2) is 12.1 Å². The highest BCUT2D eigenvalue weighted by molar-refractivity contribution is 5.78. The molecule has 2 aromatic rings. The average Bonchev–Trinajstić information content (AvgIpc) is 2.06. The minimum absolute atomic E-state index is 0.222. The van der Waals surface area contributed by atoms with Crippen LogP contribution in [0.3, 0.4) is 0 Å². The van der Waals surface area contributed by atoms with Crippen molar-refractivity contribution >= 4 is 17.0 Å². The van der Waals surface area contributed by atoms with Gasteiger partial charge in [0.25, 0.3) is 0 Å². The summed E-state index contributed by atoms with van der Waals surface area (Å²) in [6, 6.07) is 4.00. The van der Waals surface area contributed by atoms with Gasteiger partial charge in [0, 0.05) is 0 Å². The zero-order chi connectivity index (χ0) is 9.42. The first-order valence-electron chi connectivity index (χ1n) is 4.04. The van der Waals surface area contributed by atoms with Crippen molar-refractivity contribution in [1.29, 1.82) is 0 Å². The van der Waals surface area contributed by atoms with Gasteiger partial charge in [-0.2, -0.15) is 0 Å². The van der Waals surface area contributed by atoms with Gasteiger partial charge >= 0.3 is 0 Å². The maximum absolute atomic E-state index is 5.45. The predicted octanol–water partition coefficient (Wildman–Crippen LogP) is 1.22. The minimum atomic E-state index is 0.222. The van der Waals surface area contributed by atoms with Gasteiger partial charge in [-0.25, -0.2) is 4.98 Å². The van der Waals surface area contributed by atoms with E-state index in [0.29, 0.717) is 0 Å². The summed E-state index contributed by atoms with van der Waals surface area (Å²) in [6.45, 7) is 4.01. The summed E-state index contributed by atoms with van der Waals surface area (Å²) >= 11 is 0. The highest BCUT2D eigenvalue weighted by Gasteiger charge is 2.02. The van der Waals surface area contributed by atoms with Gasteiger partial charge < -0.3 is 5.73 Å². The predicted molar refractivity (Wildman–Crippen MR) is 51.2 cm³/mol. The van der Waals surface area contributed by atoms with E-state index in [2.05, 4.69) is 21.2 Å².